The molecule has 2 saturated heterocycles. The molecular formula is C22H24N4O5S. The summed E-state index contributed by atoms with van der Waals surface area (Å²) in [6.45, 7) is 3.13. The van der Waals surface area contributed by atoms with Crippen molar-refractivity contribution >= 4 is 27.7 Å². The molecule has 1 aromatic carbocycles. The second-order valence-electron chi connectivity index (χ2n) is 8.24. The van der Waals surface area contributed by atoms with E-state index in [0.717, 1.165) is 0 Å². The highest BCUT2D eigenvalue weighted by Gasteiger charge is 2.36. The summed E-state index contributed by atoms with van der Waals surface area (Å²) < 4.78 is 33.8. The van der Waals surface area contributed by atoms with Gasteiger partial charge in [-0.25, -0.2) is 0 Å². The second kappa shape index (κ2) is 8.09. The highest BCUT2D eigenvalue weighted by Crippen LogP contribution is 2.30. The molecule has 168 valence electrons. The fraction of sp³-hybridized carbons (Fsp3) is 0.409. The molecule has 2 fully saturated rings. The van der Waals surface area contributed by atoms with E-state index >= 15 is 0 Å². The van der Waals surface area contributed by atoms with Crippen LogP contribution >= 0.6 is 0 Å². The van der Waals surface area contributed by atoms with Crippen molar-refractivity contribution in [2.24, 2.45) is 10.3 Å². The Kier molecular flexibility index (Phi) is 5.24. The average molecular weight is 457 g/mol. The van der Waals surface area contributed by atoms with Crippen LogP contribution in [0.4, 0.5) is 0 Å². The van der Waals surface area contributed by atoms with Gasteiger partial charge >= 0.3 is 0 Å². The number of amides is 2. The van der Waals surface area contributed by atoms with Crippen molar-refractivity contribution in [3.8, 4) is 0 Å². The van der Waals surface area contributed by atoms with Gasteiger partial charge in [-0.15, -0.1) is 4.40 Å². The van der Waals surface area contributed by atoms with Gasteiger partial charge < -0.3 is 19.1 Å². The number of piperidine rings is 1. The molecule has 1 aromatic heterocycles. The number of carbonyl (C=O) groups is 2. The molecule has 3 aliphatic rings. The van der Waals surface area contributed by atoms with E-state index in [1.54, 1.807) is 35.2 Å². The Balaban J connectivity index is 1.17. The molecule has 9 nitrogen and oxygen atoms in total. The van der Waals surface area contributed by atoms with Crippen molar-refractivity contribution in [2.75, 3.05) is 39.3 Å². The molecule has 0 saturated carbocycles. The van der Waals surface area contributed by atoms with Crippen molar-refractivity contribution in [1.29, 1.82) is 0 Å². The maximum Gasteiger partial charge on any atom is 0.289 e. The molecule has 0 spiro atoms. The largest absolute Gasteiger partial charge is 0.459 e. The van der Waals surface area contributed by atoms with Crippen LogP contribution in [0.1, 0.15) is 29.0 Å². The van der Waals surface area contributed by atoms with Gasteiger partial charge in [-0.3, -0.25) is 9.59 Å². The van der Waals surface area contributed by atoms with E-state index in [1.807, 2.05) is 15.9 Å². The number of hydrogen-bond donors (Lipinski definition) is 0. The van der Waals surface area contributed by atoms with E-state index in [2.05, 4.69) is 4.40 Å². The first kappa shape index (κ1) is 20.7. The molecule has 4 heterocycles. The van der Waals surface area contributed by atoms with Gasteiger partial charge in [0.1, 0.15) is 4.90 Å². The Bertz CT molecular complexity index is 1160. The predicted molar refractivity (Wildman–Crippen MR) is 116 cm³/mol. The van der Waals surface area contributed by atoms with Crippen molar-refractivity contribution in [3.63, 3.8) is 0 Å². The predicted octanol–water partition coefficient (Wildman–Crippen LogP) is 1.43. The van der Waals surface area contributed by atoms with Crippen LogP contribution in [0.3, 0.4) is 0 Å². The number of carbonyl (C=O) groups excluding carboxylic acids is 2. The molecular weight excluding hydrogens is 432 g/mol. The number of amidine groups is 1. The molecule has 3 aliphatic heterocycles. The Labute approximate surface area is 186 Å². The Morgan fingerprint density at radius 2 is 1.59 bits per heavy atom. The van der Waals surface area contributed by atoms with Crippen molar-refractivity contribution in [2.45, 2.75) is 17.7 Å². The molecule has 2 amide bonds. The van der Waals surface area contributed by atoms with Gasteiger partial charge in [0.05, 0.1) is 6.26 Å². The average Bonchev–Trinajstić information content (AvgIpc) is 3.45. The summed E-state index contributed by atoms with van der Waals surface area (Å²) >= 11 is 0. The number of nitrogens with zero attached hydrogens (tertiary/aromatic N) is 4. The summed E-state index contributed by atoms with van der Waals surface area (Å²) in [6.07, 6.45) is 2.77. The van der Waals surface area contributed by atoms with Crippen molar-refractivity contribution in [3.05, 3.63) is 54.0 Å². The second-order valence-corrected chi connectivity index (χ2v) is 9.81. The van der Waals surface area contributed by atoms with Crippen LogP contribution in [0.2, 0.25) is 0 Å². The minimum Gasteiger partial charge on any atom is -0.459 e. The van der Waals surface area contributed by atoms with Crippen molar-refractivity contribution < 1.29 is 22.4 Å². The summed E-state index contributed by atoms with van der Waals surface area (Å²) in [5.74, 6) is 0.652. The van der Waals surface area contributed by atoms with E-state index in [9.17, 15) is 18.0 Å². The summed E-state index contributed by atoms with van der Waals surface area (Å²) in [5, 5.41) is 0. The monoisotopic (exact) mass is 456 g/mol. The van der Waals surface area contributed by atoms with Gasteiger partial charge in [-0.1, -0.05) is 12.1 Å². The van der Waals surface area contributed by atoms with E-state index in [-0.39, 0.29) is 22.6 Å². The minimum absolute atomic E-state index is 0.104. The molecule has 0 radical (unpaired) electrons. The fourth-order valence-corrected chi connectivity index (χ4v) is 5.83. The number of benzene rings is 1. The normalized spacial score (nSPS) is 20.8. The first-order chi connectivity index (χ1) is 15.4. The third kappa shape index (κ3) is 3.68. The summed E-state index contributed by atoms with van der Waals surface area (Å²) in [4.78, 5) is 31.2. The lowest BCUT2D eigenvalue weighted by Gasteiger charge is -2.38. The molecule has 32 heavy (non-hydrogen) atoms. The van der Waals surface area contributed by atoms with Crippen LogP contribution in [0, 0.1) is 5.92 Å². The summed E-state index contributed by atoms with van der Waals surface area (Å²) in [6, 6.07) is 10.2. The van der Waals surface area contributed by atoms with Crippen molar-refractivity contribution in [1.82, 2.24) is 14.7 Å². The number of piperazine rings is 1. The van der Waals surface area contributed by atoms with Gasteiger partial charge in [0.25, 0.3) is 15.9 Å². The maximum atomic E-state index is 13.0. The molecule has 0 atom stereocenters. The van der Waals surface area contributed by atoms with Gasteiger partial charge in [-0.2, -0.15) is 8.42 Å². The SMILES string of the molecule is O=C(c1ccco1)N1CCN(C(=O)C2CCN(C3=NS(=O)(=O)c4ccccc43)CC2)CC1. The summed E-state index contributed by atoms with van der Waals surface area (Å²) in [5.41, 5.74) is 0.634. The van der Waals surface area contributed by atoms with E-state index in [0.29, 0.717) is 69.3 Å². The lowest BCUT2D eigenvalue weighted by atomic mass is 9.94. The zero-order chi connectivity index (χ0) is 22.3. The number of hydrogen-bond acceptors (Lipinski definition) is 6. The highest BCUT2D eigenvalue weighted by atomic mass is 32.2. The Hall–Kier alpha value is -3.14. The minimum atomic E-state index is -3.65. The lowest BCUT2D eigenvalue weighted by molar-refractivity contribution is -0.138. The molecule has 0 bridgehead atoms. The highest BCUT2D eigenvalue weighted by molar-refractivity contribution is 7.90. The molecule has 2 aromatic rings. The smallest absolute Gasteiger partial charge is 0.289 e. The zero-order valence-electron chi connectivity index (χ0n) is 17.5. The zero-order valence-corrected chi connectivity index (χ0v) is 18.3. The topological polar surface area (TPSA) is 104 Å². The quantitative estimate of drug-likeness (QED) is 0.677. The van der Waals surface area contributed by atoms with Gasteiger partial charge in [0.2, 0.25) is 5.91 Å². The number of furan rings is 1. The van der Waals surface area contributed by atoms with E-state index in [1.165, 1.54) is 6.26 Å². The third-order valence-electron chi connectivity index (χ3n) is 6.37. The first-order valence-corrected chi connectivity index (χ1v) is 12.2. The van der Waals surface area contributed by atoms with Crippen LogP contribution < -0.4 is 0 Å². The Morgan fingerprint density at radius 3 is 2.28 bits per heavy atom. The molecule has 0 aliphatic carbocycles. The van der Waals surface area contributed by atoms with Crippen LogP contribution in [0.25, 0.3) is 0 Å². The van der Waals surface area contributed by atoms with Crippen LogP contribution in [-0.2, 0) is 14.8 Å². The van der Waals surface area contributed by atoms with Crippen LogP contribution in [0.15, 0.2) is 56.4 Å². The maximum absolute atomic E-state index is 13.0. The molecule has 0 N–H and O–H groups in total. The number of rotatable bonds is 2. The fourth-order valence-electron chi connectivity index (χ4n) is 4.60. The standard InChI is InChI=1S/C22H24N4O5S/c27-21(25-11-13-26(14-12-25)22(28)18-5-3-15-31-18)16-7-9-24(10-8-16)20-17-4-1-2-6-19(17)32(29,30)23-20/h1-6,15-16H,7-14H2. The first-order valence-electron chi connectivity index (χ1n) is 10.7. The Morgan fingerprint density at radius 1 is 0.906 bits per heavy atom. The number of sulfonamides is 1. The molecule has 0 unspecified atom stereocenters. The molecule has 5 rings (SSSR count). The lowest BCUT2D eigenvalue weighted by Crippen LogP contribution is -2.53. The van der Waals surface area contributed by atoms with Gasteiger partial charge in [0, 0.05) is 50.7 Å². The number of fused-ring (bicyclic) bond motifs is 1. The number of likely N-dealkylation sites (tertiary alicyclic amines) is 1. The van der Waals surface area contributed by atoms with Gasteiger partial charge in [-0.05, 0) is 37.1 Å². The summed E-state index contributed by atoms with van der Waals surface area (Å²) in [7, 11) is -3.65. The van der Waals surface area contributed by atoms with E-state index in [4.69, 9.17) is 4.42 Å². The van der Waals surface area contributed by atoms with Crippen LogP contribution in [0.5, 0.6) is 0 Å². The van der Waals surface area contributed by atoms with Crippen LogP contribution in [-0.4, -0.2) is 80.0 Å². The van der Waals surface area contributed by atoms with Gasteiger partial charge in [0.15, 0.2) is 11.6 Å². The molecule has 10 heteroatoms. The van der Waals surface area contributed by atoms with E-state index < -0.39 is 10.0 Å². The third-order valence-corrected chi connectivity index (χ3v) is 7.69.